The number of thiazole rings is 1. The van der Waals surface area contributed by atoms with Gasteiger partial charge in [-0.25, -0.2) is 4.98 Å². The van der Waals surface area contributed by atoms with E-state index in [1.807, 2.05) is 30.3 Å². The zero-order valence-corrected chi connectivity index (χ0v) is 16.2. The van der Waals surface area contributed by atoms with Crippen LogP contribution in [0.4, 0.5) is 10.8 Å². The monoisotopic (exact) mass is 391 g/mol. The molecule has 1 aliphatic rings. The van der Waals surface area contributed by atoms with Crippen LogP contribution in [-0.4, -0.2) is 16.8 Å². The van der Waals surface area contributed by atoms with E-state index >= 15 is 0 Å². The molecule has 0 unspecified atom stereocenters. The quantitative estimate of drug-likeness (QED) is 0.675. The summed E-state index contributed by atoms with van der Waals surface area (Å²) in [5.74, 6) is -0.299. The SMILES string of the molecule is O=C(Cc1csc(NC(=O)c2ccccc2)n1)Nc1cccc2c1CCCC2. The Bertz CT molecular complexity index is 998. The Hall–Kier alpha value is -2.99. The van der Waals surface area contributed by atoms with Crippen LogP contribution in [0, 0.1) is 0 Å². The lowest BCUT2D eigenvalue weighted by molar-refractivity contribution is -0.115. The first-order valence-electron chi connectivity index (χ1n) is 9.40. The number of aryl methyl sites for hydroxylation is 1. The molecule has 0 atom stereocenters. The van der Waals surface area contributed by atoms with Crippen molar-refractivity contribution in [3.63, 3.8) is 0 Å². The molecule has 0 spiro atoms. The van der Waals surface area contributed by atoms with E-state index in [2.05, 4.69) is 21.7 Å². The van der Waals surface area contributed by atoms with Crippen molar-refractivity contribution in [3.8, 4) is 0 Å². The van der Waals surface area contributed by atoms with Gasteiger partial charge in [0.2, 0.25) is 5.91 Å². The minimum Gasteiger partial charge on any atom is -0.325 e. The van der Waals surface area contributed by atoms with Crippen molar-refractivity contribution in [2.75, 3.05) is 10.6 Å². The lowest BCUT2D eigenvalue weighted by atomic mass is 9.90. The maximum absolute atomic E-state index is 12.5. The molecule has 3 aromatic rings. The van der Waals surface area contributed by atoms with Gasteiger partial charge in [-0.15, -0.1) is 11.3 Å². The Balaban J connectivity index is 1.38. The standard InChI is InChI=1S/C22H21N3O2S/c26-20(24-19-12-6-10-15-7-4-5-11-18(15)19)13-17-14-28-22(23-17)25-21(27)16-8-2-1-3-9-16/h1-3,6,8-10,12,14H,4-5,7,11,13H2,(H,24,26)(H,23,25,27). The Morgan fingerprint density at radius 2 is 1.79 bits per heavy atom. The lowest BCUT2D eigenvalue weighted by Crippen LogP contribution is -2.17. The van der Waals surface area contributed by atoms with E-state index in [0.29, 0.717) is 16.4 Å². The molecule has 2 aromatic carbocycles. The molecule has 2 N–H and O–H groups in total. The van der Waals surface area contributed by atoms with Crippen molar-refractivity contribution < 1.29 is 9.59 Å². The molecule has 142 valence electrons. The van der Waals surface area contributed by atoms with Crippen LogP contribution in [0.2, 0.25) is 0 Å². The van der Waals surface area contributed by atoms with E-state index in [9.17, 15) is 9.59 Å². The van der Waals surface area contributed by atoms with Gasteiger partial charge >= 0.3 is 0 Å². The molecule has 0 fully saturated rings. The minimum absolute atomic E-state index is 0.0924. The minimum atomic E-state index is -0.207. The Kier molecular flexibility index (Phi) is 5.48. The molecule has 4 rings (SSSR count). The predicted octanol–water partition coefficient (Wildman–Crippen LogP) is 4.46. The van der Waals surface area contributed by atoms with Gasteiger partial charge in [0.1, 0.15) is 0 Å². The van der Waals surface area contributed by atoms with Gasteiger partial charge in [0, 0.05) is 16.6 Å². The first kappa shape index (κ1) is 18.4. The fraction of sp³-hybridized carbons (Fsp3) is 0.227. The van der Waals surface area contributed by atoms with Crippen molar-refractivity contribution >= 4 is 34.0 Å². The first-order valence-corrected chi connectivity index (χ1v) is 10.3. The Labute approximate surface area is 167 Å². The van der Waals surface area contributed by atoms with Gasteiger partial charge in [0.15, 0.2) is 5.13 Å². The molecular formula is C22H21N3O2S. The number of hydrogen-bond donors (Lipinski definition) is 2. The zero-order chi connectivity index (χ0) is 19.3. The summed E-state index contributed by atoms with van der Waals surface area (Å²) in [6.07, 6.45) is 4.65. The van der Waals surface area contributed by atoms with Gasteiger partial charge in [-0.05, 0) is 55.0 Å². The summed E-state index contributed by atoms with van der Waals surface area (Å²) < 4.78 is 0. The number of rotatable bonds is 5. The number of hydrogen-bond acceptors (Lipinski definition) is 4. The molecule has 5 nitrogen and oxygen atoms in total. The summed E-state index contributed by atoms with van der Waals surface area (Å²) in [7, 11) is 0. The highest BCUT2D eigenvalue weighted by atomic mass is 32.1. The lowest BCUT2D eigenvalue weighted by Gasteiger charge is -2.19. The zero-order valence-electron chi connectivity index (χ0n) is 15.4. The molecule has 0 bridgehead atoms. The highest BCUT2D eigenvalue weighted by Gasteiger charge is 2.16. The summed E-state index contributed by atoms with van der Waals surface area (Å²) in [5.41, 5.74) is 4.73. The van der Waals surface area contributed by atoms with Gasteiger partial charge in [-0.3, -0.25) is 14.9 Å². The summed E-state index contributed by atoms with van der Waals surface area (Å²) in [6, 6.07) is 15.1. The van der Waals surface area contributed by atoms with Crippen molar-refractivity contribution in [3.05, 3.63) is 76.3 Å². The van der Waals surface area contributed by atoms with Gasteiger partial charge in [0.25, 0.3) is 5.91 Å². The molecule has 1 aliphatic carbocycles. The third-order valence-electron chi connectivity index (χ3n) is 4.82. The smallest absolute Gasteiger partial charge is 0.257 e. The normalized spacial score (nSPS) is 12.9. The maximum atomic E-state index is 12.5. The number of anilines is 2. The van der Waals surface area contributed by atoms with Crippen LogP contribution in [0.15, 0.2) is 53.9 Å². The van der Waals surface area contributed by atoms with E-state index in [0.717, 1.165) is 24.9 Å². The fourth-order valence-electron chi connectivity index (χ4n) is 3.46. The number of carbonyl (C=O) groups is 2. The van der Waals surface area contributed by atoms with Crippen LogP contribution >= 0.6 is 11.3 Å². The Morgan fingerprint density at radius 3 is 2.64 bits per heavy atom. The van der Waals surface area contributed by atoms with Crippen LogP contribution in [0.3, 0.4) is 0 Å². The molecule has 6 heteroatoms. The fourth-order valence-corrected chi connectivity index (χ4v) is 4.17. The van der Waals surface area contributed by atoms with Crippen molar-refractivity contribution in [1.82, 2.24) is 4.98 Å². The number of nitrogens with zero attached hydrogens (tertiary/aromatic N) is 1. The molecule has 28 heavy (non-hydrogen) atoms. The molecule has 0 radical (unpaired) electrons. The third-order valence-corrected chi connectivity index (χ3v) is 5.63. The molecule has 2 amide bonds. The first-order chi connectivity index (χ1) is 13.7. The van der Waals surface area contributed by atoms with Gasteiger partial charge in [-0.1, -0.05) is 30.3 Å². The molecule has 0 aliphatic heterocycles. The van der Waals surface area contributed by atoms with Crippen LogP contribution in [0.1, 0.15) is 40.0 Å². The summed E-state index contributed by atoms with van der Waals surface area (Å²) in [5, 5.41) is 8.11. The van der Waals surface area contributed by atoms with Crippen molar-refractivity contribution in [1.29, 1.82) is 0 Å². The molecule has 1 aromatic heterocycles. The van der Waals surface area contributed by atoms with Crippen LogP contribution < -0.4 is 10.6 Å². The highest BCUT2D eigenvalue weighted by molar-refractivity contribution is 7.14. The van der Waals surface area contributed by atoms with E-state index in [-0.39, 0.29) is 18.2 Å². The second-order valence-electron chi connectivity index (χ2n) is 6.84. The summed E-state index contributed by atoms with van der Waals surface area (Å²) in [6.45, 7) is 0. The van der Waals surface area contributed by atoms with E-state index < -0.39 is 0 Å². The molecular weight excluding hydrogens is 370 g/mol. The third kappa shape index (κ3) is 4.28. The average molecular weight is 391 g/mol. The van der Waals surface area contributed by atoms with Gasteiger partial charge < -0.3 is 5.32 Å². The maximum Gasteiger partial charge on any atom is 0.257 e. The molecule has 0 saturated heterocycles. The van der Waals surface area contributed by atoms with Crippen LogP contribution in [0.5, 0.6) is 0 Å². The number of nitrogens with one attached hydrogen (secondary N) is 2. The second-order valence-corrected chi connectivity index (χ2v) is 7.70. The van der Waals surface area contributed by atoms with E-state index in [1.54, 1.807) is 17.5 Å². The summed E-state index contributed by atoms with van der Waals surface area (Å²) in [4.78, 5) is 29.1. The van der Waals surface area contributed by atoms with Crippen LogP contribution in [0.25, 0.3) is 0 Å². The van der Waals surface area contributed by atoms with E-state index in [4.69, 9.17) is 0 Å². The number of amides is 2. The average Bonchev–Trinajstić information content (AvgIpc) is 3.15. The predicted molar refractivity (Wildman–Crippen MR) is 112 cm³/mol. The number of benzene rings is 2. The van der Waals surface area contributed by atoms with Gasteiger partial charge in [-0.2, -0.15) is 0 Å². The summed E-state index contributed by atoms with van der Waals surface area (Å²) >= 11 is 1.32. The largest absolute Gasteiger partial charge is 0.325 e. The van der Waals surface area contributed by atoms with Crippen molar-refractivity contribution in [2.24, 2.45) is 0 Å². The van der Waals surface area contributed by atoms with Gasteiger partial charge in [0.05, 0.1) is 12.1 Å². The van der Waals surface area contributed by atoms with E-state index in [1.165, 1.54) is 28.9 Å². The van der Waals surface area contributed by atoms with Crippen LogP contribution in [-0.2, 0) is 24.1 Å². The Morgan fingerprint density at radius 1 is 0.964 bits per heavy atom. The number of aromatic nitrogens is 1. The topological polar surface area (TPSA) is 71.1 Å². The highest BCUT2D eigenvalue weighted by Crippen LogP contribution is 2.28. The molecule has 0 saturated carbocycles. The number of fused-ring (bicyclic) bond motifs is 1. The molecule has 1 heterocycles. The number of carbonyl (C=O) groups excluding carboxylic acids is 2. The second kappa shape index (κ2) is 8.35. The van der Waals surface area contributed by atoms with Crippen molar-refractivity contribution in [2.45, 2.75) is 32.1 Å².